The van der Waals surface area contributed by atoms with Crippen molar-refractivity contribution in [3.63, 3.8) is 0 Å². The van der Waals surface area contributed by atoms with Crippen LogP contribution >= 0.6 is 0 Å². The molecule has 0 fully saturated rings. The molecule has 2 nitrogen and oxygen atoms in total. The average molecular weight is 217 g/mol. The van der Waals surface area contributed by atoms with E-state index >= 15 is 0 Å². The van der Waals surface area contributed by atoms with E-state index in [1.54, 1.807) is 7.05 Å². The number of rotatable bonds is 3. The van der Waals surface area contributed by atoms with Gasteiger partial charge in [0, 0.05) is 12.4 Å². The zero-order valence-electron chi connectivity index (χ0n) is 9.97. The van der Waals surface area contributed by atoms with Gasteiger partial charge in [0.05, 0.1) is 21.9 Å². The molecule has 4 heteroatoms. The molecule has 78 valence electrons. The van der Waals surface area contributed by atoms with Gasteiger partial charge in [-0.15, -0.1) is 0 Å². The van der Waals surface area contributed by atoms with E-state index in [9.17, 15) is 5.11 Å². The zero-order chi connectivity index (χ0) is 10.9. The molecule has 0 aliphatic carbocycles. The fourth-order valence-corrected chi connectivity index (χ4v) is 6.32. The van der Waals surface area contributed by atoms with E-state index in [0.29, 0.717) is 0 Å². The zero-order valence-corrected chi connectivity index (χ0v) is 12.0. The van der Waals surface area contributed by atoms with Crippen molar-refractivity contribution in [1.82, 2.24) is 0 Å². The second kappa shape index (κ2) is 4.06. The monoisotopic (exact) mass is 217 g/mol. The Balaban J connectivity index is 4.84. The van der Waals surface area contributed by atoms with Crippen molar-refractivity contribution in [2.75, 3.05) is 7.05 Å². The van der Waals surface area contributed by atoms with Crippen LogP contribution in [0, 0.1) is 0 Å². The third kappa shape index (κ3) is 3.74. The van der Waals surface area contributed by atoms with Crippen molar-refractivity contribution >= 4 is 21.5 Å². The summed E-state index contributed by atoms with van der Waals surface area (Å²) in [7, 11) is -1.12. The van der Waals surface area contributed by atoms with Crippen molar-refractivity contribution in [3.8, 4) is 0 Å². The lowest BCUT2D eigenvalue weighted by molar-refractivity contribution is 0.309. The van der Waals surface area contributed by atoms with Crippen LogP contribution in [0.5, 0.6) is 0 Å². The summed E-state index contributed by atoms with van der Waals surface area (Å²) in [6.45, 7) is 13.3. The highest BCUT2D eigenvalue weighted by molar-refractivity contribution is 7.08. The van der Waals surface area contributed by atoms with Gasteiger partial charge < -0.3 is 5.11 Å². The fourth-order valence-electron chi connectivity index (χ4n) is 1.28. The van der Waals surface area contributed by atoms with Crippen LogP contribution in [0.25, 0.3) is 0 Å². The molecule has 0 saturated heterocycles. The minimum absolute atomic E-state index is 0.260. The molecule has 1 unspecified atom stereocenters. The number of aliphatic hydroxyl groups excluding tert-OH is 1. The van der Waals surface area contributed by atoms with Gasteiger partial charge in [-0.05, 0) is 0 Å². The molecule has 1 N–H and O–H groups in total. The van der Waals surface area contributed by atoms with Gasteiger partial charge in [0.15, 0.2) is 0 Å². The molecular formula is C9H23NOSi2. The standard InChI is InChI=1S/C9H23NOSi2/c1-10-8(12(2,3)4)9(11)13(5,6)7/h9,11H,1-7H3. The Morgan fingerprint density at radius 2 is 1.46 bits per heavy atom. The van der Waals surface area contributed by atoms with Crippen LogP contribution < -0.4 is 0 Å². The van der Waals surface area contributed by atoms with E-state index < -0.39 is 16.1 Å². The van der Waals surface area contributed by atoms with Gasteiger partial charge in [-0.25, -0.2) is 0 Å². The van der Waals surface area contributed by atoms with Crippen LogP contribution in [0.4, 0.5) is 0 Å². The first-order valence-corrected chi connectivity index (χ1v) is 11.8. The summed E-state index contributed by atoms with van der Waals surface area (Å²) in [5, 5.41) is 11.2. The molecule has 0 rings (SSSR count). The van der Waals surface area contributed by atoms with Crippen molar-refractivity contribution < 1.29 is 5.11 Å². The number of aliphatic imine (C=N–C) groups is 1. The smallest absolute Gasteiger partial charge is 0.0983 e. The average Bonchev–Trinajstić information content (AvgIpc) is 1.83. The van der Waals surface area contributed by atoms with E-state index in [0.717, 1.165) is 5.33 Å². The van der Waals surface area contributed by atoms with Gasteiger partial charge in [0.2, 0.25) is 0 Å². The van der Waals surface area contributed by atoms with Crippen molar-refractivity contribution in [2.45, 2.75) is 45.0 Å². The molecule has 0 spiro atoms. The van der Waals surface area contributed by atoms with E-state index in [1.165, 1.54) is 0 Å². The molecule has 0 heterocycles. The van der Waals surface area contributed by atoms with Gasteiger partial charge in [0.25, 0.3) is 0 Å². The highest BCUT2D eigenvalue weighted by Crippen LogP contribution is 2.16. The molecule has 0 aromatic carbocycles. The molecule has 0 aliphatic heterocycles. The van der Waals surface area contributed by atoms with Crippen LogP contribution in [0.3, 0.4) is 0 Å². The summed E-state index contributed by atoms with van der Waals surface area (Å²) in [5.41, 5.74) is -0.260. The Morgan fingerprint density at radius 3 is 1.54 bits per heavy atom. The predicted molar refractivity (Wildman–Crippen MR) is 66.1 cm³/mol. The van der Waals surface area contributed by atoms with Gasteiger partial charge >= 0.3 is 0 Å². The quantitative estimate of drug-likeness (QED) is 0.570. The number of hydrogen-bond acceptors (Lipinski definition) is 2. The number of aliphatic hydroxyl groups is 1. The minimum atomic E-state index is -1.49. The lowest BCUT2D eigenvalue weighted by Gasteiger charge is -2.31. The van der Waals surface area contributed by atoms with Crippen LogP contribution in [0.1, 0.15) is 0 Å². The van der Waals surface area contributed by atoms with Crippen molar-refractivity contribution in [2.24, 2.45) is 4.99 Å². The van der Waals surface area contributed by atoms with E-state index in [2.05, 4.69) is 44.3 Å². The summed E-state index contributed by atoms with van der Waals surface area (Å²) in [6, 6.07) is 0. The fraction of sp³-hybridized carbons (Fsp3) is 0.889. The van der Waals surface area contributed by atoms with Crippen LogP contribution in [0.15, 0.2) is 4.99 Å². The topological polar surface area (TPSA) is 32.6 Å². The minimum Gasteiger partial charge on any atom is -0.391 e. The molecule has 1 atom stereocenters. The van der Waals surface area contributed by atoms with Crippen LogP contribution in [-0.2, 0) is 0 Å². The molecule has 0 bridgehead atoms. The molecule has 13 heavy (non-hydrogen) atoms. The van der Waals surface area contributed by atoms with Gasteiger partial charge in [-0.1, -0.05) is 39.3 Å². The summed E-state index contributed by atoms with van der Waals surface area (Å²) < 4.78 is 0. The van der Waals surface area contributed by atoms with E-state index in [-0.39, 0.29) is 5.73 Å². The third-order valence-corrected chi connectivity index (χ3v) is 6.33. The largest absolute Gasteiger partial charge is 0.391 e. The Kier molecular flexibility index (Phi) is 4.08. The summed E-state index contributed by atoms with van der Waals surface area (Å²) >= 11 is 0. The molecule has 0 aromatic heterocycles. The van der Waals surface area contributed by atoms with Gasteiger partial charge in [0.1, 0.15) is 0 Å². The Hall–Kier alpha value is 0.0638. The Bertz CT molecular complexity index is 201. The molecule has 0 radical (unpaired) electrons. The van der Waals surface area contributed by atoms with Crippen LogP contribution in [-0.4, -0.2) is 39.4 Å². The predicted octanol–water partition coefficient (Wildman–Crippen LogP) is 2.17. The lowest BCUT2D eigenvalue weighted by atomic mass is 10.7. The number of hydrogen-bond donors (Lipinski definition) is 1. The van der Waals surface area contributed by atoms with Crippen molar-refractivity contribution in [3.05, 3.63) is 0 Å². The van der Waals surface area contributed by atoms with E-state index in [1.807, 2.05) is 0 Å². The Morgan fingerprint density at radius 1 is 1.08 bits per heavy atom. The first kappa shape index (κ1) is 13.1. The molecule has 0 saturated carbocycles. The first-order chi connectivity index (χ1) is 5.60. The maximum absolute atomic E-state index is 10.1. The van der Waals surface area contributed by atoms with Gasteiger partial charge in [-0.3, -0.25) is 4.99 Å². The van der Waals surface area contributed by atoms with Crippen molar-refractivity contribution in [1.29, 1.82) is 0 Å². The van der Waals surface area contributed by atoms with Gasteiger partial charge in [-0.2, -0.15) is 0 Å². The lowest BCUT2D eigenvalue weighted by Crippen LogP contribution is -2.53. The normalized spacial score (nSPS) is 17.4. The maximum Gasteiger partial charge on any atom is 0.0983 e. The second-order valence-corrected chi connectivity index (χ2v) is 15.9. The maximum atomic E-state index is 10.1. The summed E-state index contributed by atoms with van der Waals surface area (Å²) in [4.78, 5) is 4.29. The molecule has 0 amide bonds. The summed E-state index contributed by atoms with van der Waals surface area (Å²) in [6.07, 6.45) is 0. The van der Waals surface area contributed by atoms with E-state index in [4.69, 9.17) is 0 Å². The second-order valence-electron chi connectivity index (χ2n) is 5.63. The van der Waals surface area contributed by atoms with Crippen LogP contribution in [0.2, 0.25) is 39.3 Å². The third-order valence-electron chi connectivity index (χ3n) is 2.09. The first-order valence-electron chi connectivity index (χ1n) is 4.76. The highest BCUT2D eigenvalue weighted by atomic mass is 28.3. The molecular weight excluding hydrogens is 194 g/mol. The Labute approximate surface area is 84.1 Å². The molecule has 0 aliphatic rings. The summed E-state index contributed by atoms with van der Waals surface area (Å²) in [5.74, 6) is 0. The molecule has 0 aromatic rings. The number of nitrogens with zero attached hydrogens (tertiary/aromatic N) is 1. The highest BCUT2D eigenvalue weighted by Gasteiger charge is 2.35. The SMILES string of the molecule is CN=C(C(O)[Si](C)(C)C)[Si](C)(C)C.